The Morgan fingerprint density at radius 3 is 2.77 bits per heavy atom. The van der Waals surface area contributed by atoms with Gasteiger partial charge in [-0.2, -0.15) is 5.26 Å². The fourth-order valence-corrected chi connectivity index (χ4v) is 2.46. The Balaban J connectivity index is 2.49. The Morgan fingerprint density at radius 2 is 2.14 bits per heavy atom. The van der Waals surface area contributed by atoms with Crippen molar-refractivity contribution in [2.75, 3.05) is 0 Å². The molecule has 0 aromatic carbocycles. The highest BCUT2D eigenvalue weighted by Gasteiger charge is 2.18. The number of aromatic nitrogens is 2. The van der Waals surface area contributed by atoms with E-state index >= 15 is 0 Å². The van der Waals surface area contributed by atoms with E-state index in [2.05, 4.69) is 9.97 Å². The van der Waals surface area contributed by atoms with Crippen LogP contribution >= 0.6 is 11.3 Å². The predicted octanol–water partition coefficient (Wildman–Crippen LogP) is 0.928. The van der Waals surface area contributed by atoms with Crippen molar-refractivity contribution in [2.24, 2.45) is 5.41 Å². The Bertz CT molecular complexity index is 924. The summed E-state index contributed by atoms with van der Waals surface area (Å²) >= 11 is 1.19. The van der Waals surface area contributed by atoms with Gasteiger partial charge in [0.2, 0.25) is 0 Å². The van der Waals surface area contributed by atoms with Gasteiger partial charge in [0.05, 0.1) is 14.9 Å². The van der Waals surface area contributed by atoms with E-state index in [1.807, 2.05) is 26.8 Å². The van der Waals surface area contributed by atoms with E-state index in [4.69, 9.17) is 5.26 Å². The fourth-order valence-electron chi connectivity index (χ4n) is 1.59. The van der Waals surface area contributed by atoms with E-state index in [9.17, 15) is 9.59 Å². The number of nitrogens with zero attached hydrogens (tertiary/aromatic N) is 2. The molecule has 0 aliphatic carbocycles. The second-order valence-corrected chi connectivity index (χ2v) is 6.83. The van der Waals surface area contributed by atoms with Crippen molar-refractivity contribution in [3.8, 4) is 6.07 Å². The summed E-state index contributed by atoms with van der Waals surface area (Å²) in [5, 5.41) is 8.83. The van der Waals surface area contributed by atoms with E-state index in [1.165, 1.54) is 17.4 Å². The third-order valence-electron chi connectivity index (χ3n) is 2.85. The number of Topliss-reactive ketones (excluding diaryl/α,β-unsaturated/α-hetero) is 1. The number of carbonyl (C=O) groups is 1. The molecule has 0 saturated heterocycles. The summed E-state index contributed by atoms with van der Waals surface area (Å²) in [6.45, 7) is 5.46. The van der Waals surface area contributed by atoms with Crippen LogP contribution in [0.5, 0.6) is 0 Å². The molecule has 112 valence electrons. The highest BCUT2D eigenvalue weighted by Crippen LogP contribution is 2.14. The van der Waals surface area contributed by atoms with Gasteiger partial charge in [-0.1, -0.05) is 26.8 Å². The summed E-state index contributed by atoms with van der Waals surface area (Å²) in [6, 6.07) is 6.96. The van der Waals surface area contributed by atoms with Gasteiger partial charge in [-0.15, -0.1) is 11.3 Å². The SMILES string of the molecule is CC(C)(C)C(=O)/C=c1\[nH]c(=O)/c(=C\c2cccc(C#N)n2)s1. The lowest BCUT2D eigenvalue weighted by atomic mass is 9.91. The summed E-state index contributed by atoms with van der Waals surface area (Å²) in [7, 11) is 0. The Kier molecular flexibility index (Phi) is 4.38. The molecule has 2 aromatic heterocycles. The lowest BCUT2D eigenvalue weighted by molar-refractivity contribution is -0.119. The molecule has 2 rings (SSSR count). The van der Waals surface area contributed by atoms with Gasteiger partial charge in [0.15, 0.2) is 5.78 Å². The van der Waals surface area contributed by atoms with Gasteiger partial charge in [0.1, 0.15) is 11.8 Å². The molecule has 0 spiro atoms. The number of nitrogens with one attached hydrogen (secondary N) is 1. The molecule has 5 nitrogen and oxygen atoms in total. The molecular formula is C16H15N3O2S. The molecule has 0 atom stereocenters. The van der Waals surface area contributed by atoms with Crippen molar-refractivity contribution < 1.29 is 4.79 Å². The zero-order valence-electron chi connectivity index (χ0n) is 12.5. The first-order valence-electron chi connectivity index (χ1n) is 6.64. The molecule has 6 heteroatoms. The van der Waals surface area contributed by atoms with Crippen molar-refractivity contribution in [2.45, 2.75) is 20.8 Å². The van der Waals surface area contributed by atoms with E-state index < -0.39 is 5.41 Å². The minimum atomic E-state index is -0.493. The highest BCUT2D eigenvalue weighted by molar-refractivity contribution is 7.07. The van der Waals surface area contributed by atoms with Crippen molar-refractivity contribution in [1.82, 2.24) is 9.97 Å². The zero-order valence-corrected chi connectivity index (χ0v) is 13.3. The van der Waals surface area contributed by atoms with E-state index in [0.29, 0.717) is 14.9 Å². The number of rotatable bonds is 2. The first-order chi connectivity index (χ1) is 10.3. The molecular weight excluding hydrogens is 298 g/mol. The second-order valence-electron chi connectivity index (χ2n) is 5.75. The Morgan fingerprint density at radius 1 is 1.41 bits per heavy atom. The van der Waals surface area contributed by atoms with E-state index in [1.54, 1.807) is 24.3 Å². The van der Waals surface area contributed by atoms with Crippen LogP contribution in [0, 0.1) is 16.7 Å². The van der Waals surface area contributed by atoms with Crippen LogP contribution in [-0.4, -0.2) is 15.8 Å². The monoisotopic (exact) mass is 313 g/mol. The third-order valence-corrected chi connectivity index (χ3v) is 3.81. The van der Waals surface area contributed by atoms with Crippen molar-refractivity contribution in [3.63, 3.8) is 0 Å². The van der Waals surface area contributed by atoms with Gasteiger partial charge in [-0.25, -0.2) is 4.98 Å². The fraction of sp³-hybridized carbons (Fsp3) is 0.250. The molecule has 0 fully saturated rings. The smallest absolute Gasteiger partial charge is 0.266 e. The molecule has 0 aliphatic rings. The van der Waals surface area contributed by atoms with Gasteiger partial charge in [-0.05, 0) is 18.2 Å². The van der Waals surface area contributed by atoms with Crippen LogP contribution in [0.15, 0.2) is 23.0 Å². The largest absolute Gasteiger partial charge is 0.313 e. The Hall–Kier alpha value is -2.52. The maximum absolute atomic E-state index is 12.0. The number of H-pyrrole nitrogens is 1. The number of nitriles is 1. The van der Waals surface area contributed by atoms with Crippen LogP contribution < -0.4 is 14.8 Å². The molecule has 22 heavy (non-hydrogen) atoms. The summed E-state index contributed by atoms with van der Waals surface area (Å²) in [6.07, 6.45) is 3.05. The molecule has 0 amide bonds. The summed E-state index contributed by atoms with van der Waals surface area (Å²) in [5.41, 5.74) is 0.0478. The highest BCUT2D eigenvalue weighted by atomic mass is 32.1. The number of hydrogen-bond donors (Lipinski definition) is 1. The first kappa shape index (κ1) is 15.9. The summed E-state index contributed by atoms with van der Waals surface area (Å²) in [4.78, 5) is 30.7. The van der Waals surface area contributed by atoms with Crippen LogP contribution in [-0.2, 0) is 4.79 Å². The van der Waals surface area contributed by atoms with Crippen LogP contribution in [0.25, 0.3) is 12.2 Å². The second kappa shape index (κ2) is 6.08. The number of carbonyl (C=O) groups excluding carboxylic acids is 1. The predicted molar refractivity (Wildman–Crippen MR) is 85.6 cm³/mol. The molecule has 0 bridgehead atoms. The Labute approximate surface area is 131 Å². The number of pyridine rings is 1. The van der Waals surface area contributed by atoms with Gasteiger partial charge in [0.25, 0.3) is 5.56 Å². The quantitative estimate of drug-likeness (QED) is 0.893. The van der Waals surface area contributed by atoms with Crippen LogP contribution in [0.3, 0.4) is 0 Å². The third kappa shape index (κ3) is 3.77. The zero-order chi connectivity index (χ0) is 16.3. The number of ketones is 1. The maximum Gasteiger partial charge on any atom is 0.266 e. The maximum atomic E-state index is 12.0. The lowest BCUT2D eigenvalue weighted by Crippen LogP contribution is -2.22. The van der Waals surface area contributed by atoms with Crippen molar-refractivity contribution in [3.05, 3.63) is 49.1 Å². The molecule has 0 unspecified atom stereocenters. The number of hydrogen-bond acceptors (Lipinski definition) is 5. The molecule has 0 saturated carbocycles. The minimum Gasteiger partial charge on any atom is -0.313 e. The molecule has 0 aliphatic heterocycles. The average Bonchev–Trinajstić information content (AvgIpc) is 2.78. The van der Waals surface area contributed by atoms with E-state index in [0.717, 1.165) is 0 Å². The van der Waals surface area contributed by atoms with Gasteiger partial charge in [0, 0.05) is 11.5 Å². The van der Waals surface area contributed by atoms with Crippen LogP contribution in [0.2, 0.25) is 0 Å². The van der Waals surface area contributed by atoms with Crippen LogP contribution in [0.1, 0.15) is 32.2 Å². The minimum absolute atomic E-state index is 0.0545. The standard InChI is InChI=1S/C16H15N3O2S/c1-16(2,3)13(20)8-14-19-15(21)12(22-14)7-10-5-4-6-11(9-17)18-10/h4-8H,1-3H3,(H,19,21)/b12-7+,14-8+. The normalized spacial score (nSPS) is 13.2. The van der Waals surface area contributed by atoms with Crippen LogP contribution in [0.4, 0.5) is 0 Å². The van der Waals surface area contributed by atoms with Crippen molar-refractivity contribution >= 4 is 29.3 Å². The average molecular weight is 313 g/mol. The molecule has 2 heterocycles. The first-order valence-corrected chi connectivity index (χ1v) is 7.45. The molecule has 1 N–H and O–H groups in total. The van der Waals surface area contributed by atoms with Gasteiger partial charge >= 0.3 is 0 Å². The van der Waals surface area contributed by atoms with Gasteiger partial charge in [-0.3, -0.25) is 9.59 Å². The summed E-state index contributed by atoms with van der Waals surface area (Å²) in [5.74, 6) is -0.0545. The van der Waals surface area contributed by atoms with E-state index in [-0.39, 0.29) is 17.0 Å². The topological polar surface area (TPSA) is 86.6 Å². The molecule has 2 aromatic rings. The molecule has 0 radical (unpaired) electrons. The lowest BCUT2D eigenvalue weighted by Gasteiger charge is -2.12. The number of aromatic amines is 1. The van der Waals surface area contributed by atoms with Gasteiger partial charge < -0.3 is 4.98 Å². The van der Waals surface area contributed by atoms with Crippen molar-refractivity contribution in [1.29, 1.82) is 5.26 Å². The number of thiazole rings is 1. The summed E-state index contributed by atoms with van der Waals surface area (Å²) < 4.78 is 0.947.